The van der Waals surface area contributed by atoms with E-state index < -0.39 is 41.9 Å². The summed E-state index contributed by atoms with van der Waals surface area (Å²) in [5, 5.41) is 0. The molecule has 1 unspecified atom stereocenters. The van der Waals surface area contributed by atoms with Crippen LogP contribution in [0.1, 0.15) is 34.9 Å². The number of aryl methyl sites for hydroxylation is 1. The van der Waals surface area contributed by atoms with Crippen molar-refractivity contribution in [1.82, 2.24) is 9.55 Å². The van der Waals surface area contributed by atoms with Gasteiger partial charge in [0.25, 0.3) is 12.1 Å². The van der Waals surface area contributed by atoms with Crippen LogP contribution in [0.3, 0.4) is 0 Å². The highest BCUT2D eigenvalue weighted by Gasteiger charge is 2.44. The fraction of sp³-hybridized carbons (Fsp3) is 0.263. The van der Waals surface area contributed by atoms with E-state index in [-0.39, 0.29) is 13.0 Å². The molecule has 5 aromatic rings. The molecule has 1 aromatic heterocycles. The molecule has 0 saturated carbocycles. The van der Waals surface area contributed by atoms with Crippen LogP contribution in [-0.2, 0) is 24.2 Å². The predicted octanol–water partition coefficient (Wildman–Crippen LogP) is 7.13. The number of H-pyrrole nitrogens is 1. The first-order valence-corrected chi connectivity index (χ1v) is 19.8. The Labute approximate surface area is 300 Å². The van der Waals surface area contributed by atoms with Gasteiger partial charge in [-0.1, -0.05) is 72.8 Å². The summed E-state index contributed by atoms with van der Waals surface area (Å²) in [6, 6.07) is 34.5. The van der Waals surface area contributed by atoms with E-state index in [1.54, 1.807) is 21.1 Å². The van der Waals surface area contributed by atoms with Crippen LogP contribution in [0, 0.1) is 6.92 Å². The molecule has 2 N–H and O–H groups in total. The van der Waals surface area contributed by atoms with Crippen molar-refractivity contribution >= 4 is 23.8 Å². The zero-order valence-electron chi connectivity index (χ0n) is 28.7. The maximum atomic E-state index is 13.9. The third kappa shape index (κ3) is 8.16. The number of nitrogens with zero attached hydrogens (tertiary/aromatic N) is 1. The van der Waals surface area contributed by atoms with Crippen molar-refractivity contribution in [2.24, 2.45) is 0 Å². The van der Waals surface area contributed by atoms with Crippen LogP contribution in [0.5, 0.6) is 11.5 Å². The molecular weight excluding hydrogens is 689 g/mol. The minimum absolute atomic E-state index is 0.0258. The van der Waals surface area contributed by atoms with Crippen molar-refractivity contribution in [2.45, 2.75) is 37.4 Å². The van der Waals surface area contributed by atoms with Gasteiger partial charge in [0.15, 0.2) is 0 Å². The highest BCUT2D eigenvalue weighted by molar-refractivity contribution is 8.57. The second kappa shape index (κ2) is 15.8. The van der Waals surface area contributed by atoms with Gasteiger partial charge in [0.05, 0.1) is 26.9 Å². The van der Waals surface area contributed by atoms with Crippen molar-refractivity contribution in [1.29, 1.82) is 0 Å². The Morgan fingerprint density at radius 3 is 1.98 bits per heavy atom. The van der Waals surface area contributed by atoms with Crippen LogP contribution >= 0.6 is 18.1 Å². The predicted molar refractivity (Wildman–Crippen MR) is 199 cm³/mol. The van der Waals surface area contributed by atoms with Crippen molar-refractivity contribution < 1.29 is 28.0 Å². The number of hydrogen-bond donors (Lipinski definition) is 2. The van der Waals surface area contributed by atoms with Crippen molar-refractivity contribution in [3.63, 3.8) is 0 Å². The molecular formula is C38H40N3O8PS. The standard InChI is InChI=1S/C38H40N3O8PS/c1-26-24-41(37(43)39-36(26)42)35-23-33(49-50(4,44)51-40-30-13-9-6-10-14-30)34(48-35)25-47-38(27-11-7-5-8-12-27,28-15-19-31(45-2)20-16-28)29-17-21-32(46-3)22-18-29/h5-22,24,33-35,40H,23,25H2,1-4H3,(H,39,42,43)/t33-,34+,35+,50?/m0/s1. The molecule has 1 aliphatic rings. The summed E-state index contributed by atoms with van der Waals surface area (Å²) < 4.78 is 49.3. The quantitative estimate of drug-likeness (QED) is 0.0692. The van der Waals surface area contributed by atoms with Crippen LogP contribution in [0.25, 0.3) is 0 Å². The molecule has 1 fully saturated rings. The van der Waals surface area contributed by atoms with E-state index in [1.165, 1.54) is 17.4 Å². The molecule has 4 atom stereocenters. The summed E-state index contributed by atoms with van der Waals surface area (Å²) in [6.45, 7) is -0.224. The minimum atomic E-state index is -3.35. The molecule has 13 heteroatoms. The molecule has 0 bridgehead atoms. The number of methoxy groups -OCH3 is 2. The van der Waals surface area contributed by atoms with E-state index in [4.69, 9.17) is 23.5 Å². The first kappa shape index (κ1) is 36.2. The smallest absolute Gasteiger partial charge is 0.330 e. The van der Waals surface area contributed by atoms with E-state index >= 15 is 0 Å². The molecule has 0 spiro atoms. The molecule has 0 aliphatic carbocycles. The van der Waals surface area contributed by atoms with Gasteiger partial charge in [-0.25, -0.2) is 4.79 Å². The zero-order valence-corrected chi connectivity index (χ0v) is 30.4. The summed E-state index contributed by atoms with van der Waals surface area (Å²) >= 11 is 0.994. The molecule has 0 radical (unpaired) electrons. The molecule has 51 heavy (non-hydrogen) atoms. The van der Waals surface area contributed by atoms with E-state index in [1.807, 2.05) is 109 Å². The Hall–Kier alpha value is -4.58. The molecule has 2 heterocycles. The van der Waals surface area contributed by atoms with Gasteiger partial charge in [-0.2, -0.15) is 0 Å². The number of nitrogens with one attached hydrogen (secondary N) is 2. The van der Waals surface area contributed by atoms with Crippen LogP contribution in [0.4, 0.5) is 5.69 Å². The Balaban J connectivity index is 1.38. The van der Waals surface area contributed by atoms with Gasteiger partial charge >= 0.3 is 5.69 Å². The SMILES string of the molecule is COc1ccc(C(OC[C@H]2O[C@@H](n3cc(C)c(=O)[nH]c3=O)C[C@@H]2OP(C)(=O)SNc2ccccc2)(c2ccccc2)c2ccc(OC)cc2)cc1. The van der Waals surface area contributed by atoms with Crippen molar-refractivity contribution in [3.05, 3.63) is 158 Å². The average Bonchev–Trinajstić information content (AvgIpc) is 3.55. The van der Waals surface area contributed by atoms with Crippen molar-refractivity contribution in [2.75, 3.05) is 32.2 Å². The number of benzene rings is 4. The van der Waals surface area contributed by atoms with Gasteiger partial charge in [-0.3, -0.25) is 18.9 Å². The fourth-order valence-electron chi connectivity index (χ4n) is 6.12. The van der Waals surface area contributed by atoms with Crippen LogP contribution in [-0.4, -0.2) is 49.3 Å². The van der Waals surface area contributed by atoms with Gasteiger partial charge in [-0.05, 0) is 60.0 Å². The monoisotopic (exact) mass is 729 g/mol. The summed E-state index contributed by atoms with van der Waals surface area (Å²) in [6.07, 6.45) is -0.722. The fourth-order valence-corrected chi connectivity index (χ4v) is 8.56. The molecule has 266 valence electrons. The first-order valence-electron chi connectivity index (χ1n) is 16.3. The van der Waals surface area contributed by atoms with Crippen LogP contribution in [0.15, 0.2) is 125 Å². The van der Waals surface area contributed by atoms with E-state index in [9.17, 15) is 14.2 Å². The Morgan fingerprint density at radius 1 is 0.863 bits per heavy atom. The number of aromatic nitrogens is 2. The van der Waals surface area contributed by atoms with Crippen LogP contribution in [0.2, 0.25) is 0 Å². The molecule has 1 saturated heterocycles. The highest BCUT2D eigenvalue weighted by Crippen LogP contribution is 2.58. The Morgan fingerprint density at radius 2 is 1.41 bits per heavy atom. The minimum Gasteiger partial charge on any atom is -0.497 e. The number of aromatic amines is 1. The lowest BCUT2D eigenvalue weighted by Gasteiger charge is -2.37. The second-order valence-corrected chi connectivity index (χ2v) is 16.8. The number of ether oxygens (including phenoxy) is 4. The number of rotatable bonds is 14. The zero-order chi connectivity index (χ0) is 36.0. The lowest BCUT2D eigenvalue weighted by atomic mass is 9.80. The third-order valence-corrected chi connectivity index (χ3v) is 11.5. The lowest BCUT2D eigenvalue weighted by Crippen LogP contribution is -2.38. The molecule has 6 rings (SSSR count). The van der Waals surface area contributed by atoms with Crippen molar-refractivity contribution in [3.8, 4) is 11.5 Å². The van der Waals surface area contributed by atoms with Crippen LogP contribution < -0.4 is 25.4 Å². The van der Waals surface area contributed by atoms with Gasteiger partial charge in [0.2, 0.25) is 0 Å². The van der Waals surface area contributed by atoms with Gasteiger partial charge in [-0.15, -0.1) is 0 Å². The molecule has 0 amide bonds. The Kier molecular flexibility index (Phi) is 11.2. The van der Waals surface area contributed by atoms with Gasteiger partial charge in [0, 0.05) is 42.1 Å². The number of anilines is 1. The van der Waals surface area contributed by atoms with E-state index in [0.29, 0.717) is 17.1 Å². The lowest BCUT2D eigenvalue weighted by molar-refractivity contribution is -0.0911. The molecule has 4 aromatic carbocycles. The maximum absolute atomic E-state index is 13.9. The largest absolute Gasteiger partial charge is 0.497 e. The number of hydrogen-bond acceptors (Lipinski definition) is 10. The summed E-state index contributed by atoms with van der Waals surface area (Å²) in [5.74, 6) is 1.38. The van der Waals surface area contributed by atoms with Gasteiger partial charge in [0.1, 0.15) is 29.4 Å². The van der Waals surface area contributed by atoms with E-state index in [0.717, 1.165) is 33.9 Å². The highest BCUT2D eigenvalue weighted by atomic mass is 32.7. The second-order valence-electron chi connectivity index (χ2n) is 12.1. The van der Waals surface area contributed by atoms with E-state index in [2.05, 4.69) is 9.71 Å². The van der Waals surface area contributed by atoms with Gasteiger partial charge < -0.3 is 28.2 Å². The first-order chi connectivity index (χ1) is 24.6. The average molecular weight is 730 g/mol. The topological polar surface area (TPSA) is 130 Å². The molecule has 1 aliphatic heterocycles. The maximum Gasteiger partial charge on any atom is 0.330 e. The summed E-state index contributed by atoms with van der Waals surface area (Å²) in [5.41, 5.74) is 1.36. The summed E-state index contributed by atoms with van der Waals surface area (Å²) in [7, 11) is 3.23. The normalized spacial score (nSPS) is 18.5. The Bertz CT molecular complexity index is 2030. The number of para-hydroxylation sites is 1. The third-order valence-electron chi connectivity index (χ3n) is 8.70. The summed E-state index contributed by atoms with van der Waals surface area (Å²) in [4.78, 5) is 27.5. The molecule has 11 nitrogen and oxygen atoms in total.